The number of nitrogens with two attached hydrogens (primary N) is 1. The number of imidazole rings is 1. The lowest BCUT2D eigenvalue weighted by molar-refractivity contribution is -0.645. The second kappa shape index (κ2) is 19.0. The van der Waals surface area contributed by atoms with Crippen molar-refractivity contribution in [2.75, 3.05) is 68.7 Å². The number of ether oxygens (including phenoxy) is 1. The van der Waals surface area contributed by atoms with Crippen LogP contribution in [0.4, 0.5) is 23.1 Å². The summed E-state index contributed by atoms with van der Waals surface area (Å²) < 4.78 is 41.5. The van der Waals surface area contributed by atoms with Crippen LogP contribution in [0.25, 0.3) is 33.0 Å². The van der Waals surface area contributed by atoms with Crippen LogP contribution in [0.5, 0.6) is 0 Å². The molecule has 1 aliphatic rings. The van der Waals surface area contributed by atoms with Gasteiger partial charge in [-0.05, 0) is 43.2 Å². The minimum Gasteiger partial charge on any atom is -0.756 e. The largest absolute Gasteiger partial charge is 0.756 e. The molecule has 1 amide bonds. The Morgan fingerprint density at radius 2 is 1.58 bits per heavy atom. The van der Waals surface area contributed by atoms with Crippen molar-refractivity contribution in [3.8, 4) is 0 Å². The highest BCUT2D eigenvalue weighted by atomic mass is 31.2. The van der Waals surface area contributed by atoms with Crippen LogP contribution in [-0.4, -0.2) is 111 Å². The van der Waals surface area contributed by atoms with E-state index in [0.29, 0.717) is 38.9 Å². The summed E-state index contributed by atoms with van der Waals surface area (Å²) in [6, 6.07) is 15.1. The topological polar surface area (TPSA) is 287 Å². The van der Waals surface area contributed by atoms with Crippen molar-refractivity contribution in [3.05, 3.63) is 48.8 Å². The fraction of sp³-hybridized carbons (Fsp3) is 0.486. The zero-order chi connectivity index (χ0) is 43.4. The number of hydrogen-bond acceptors (Lipinski definition) is 15. The lowest BCUT2D eigenvalue weighted by Crippen LogP contribution is -2.37. The number of carbonyl (C=O) groups is 1. The number of aromatic nitrogens is 5. The van der Waals surface area contributed by atoms with Crippen molar-refractivity contribution in [3.63, 3.8) is 0 Å². The molecule has 0 saturated carbocycles. The number of phosphoric ester groups is 2. The predicted molar refractivity (Wildman–Crippen MR) is 222 cm³/mol. The number of amides is 1. The van der Waals surface area contributed by atoms with E-state index in [1.54, 1.807) is 0 Å². The molecule has 23 heteroatoms. The molecule has 0 spiro atoms. The van der Waals surface area contributed by atoms with Crippen molar-refractivity contribution >= 4 is 77.7 Å². The number of nitrogens with zero attached hydrogens (tertiary/aromatic N) is 7. The van der Waals surface area contributed by atoms with Crippen LogP contribution < -0.4 is 35.6 Å². The molecule has 5 atom stereocenters. The maximum atomic E-state index is 12.9. The van der Waals surface area contributed by atoms with Gasteiger partial charge in [0.1, 0.15) is 31.2 Å². The zero-order valence-corrected chi connectivity index (χ0v) is 35.5. The molecule has 21 nitrogen and oxygen atoms in total. The van der Waals surface area contributed by atoms with Gasteiger partial charge in [0.05, 0.1) is 6.61 Å². The summed E-state index contributed by atoms with van der Waals surface area (Å²) in [6.45, 7) is 0.656. The normalized spacial score (nSPS) is 19.2. The van der Waals surface area contributed by atoms with Gasteiger partial charge in [-0.1, -0.05) is 12.8 Å². The van der Waals surface area contributed by atoms with Crippen LogP contribution >= 0.6 is 15.6 Å². The number of unbranched alkanes of at least 4 members (excludes halogenated alkanes) is 3. The van der Waals surface area contributed by atoms with Gasteiger partial charge in [0.25, 0.3) is 7.82 Å². The van der Waals surface area contributed by atoms with Crippen LogP contribution in [-0.2, 0) is 34.3 Å². The number of rotatable bonds is 20. The Morgan fingerprint density at radius 3 is 2.18 bits per heavy atom. The molecule has 6 rings (SSSR count). The van der Waals surface area contributed by atoms with Gasteiger partial charge in [-0.15, -0.1) is 0 Å². The molecule has 0 aliphatic carbocycles. The highest BCUT2D eigenvalue weighted by molar-refractivity contribution is 7.46. The van der Waals surface area contributed by atoms with Gasteiger partial charge in [-0.2, -0.15) is 4.57 Å². The molecule has 1 aliphatic heterocycles. The lowest BCUT2D eigenvalue weighted by atomic mass is 10.1. The predicted octanol–water partition coefficient (Wildman–Crippen LogP) is 1.92. The minimum atomic E-state index is -5.28. The van der Waals surface area contributed by atoms with Crippen LogP contribution in [0.2, 0.25) is 0 Å². The Kier molecular flexibility index (Phi) is 14.3. The number of nitrogen functional groups attached to an aromatic ring is 1. The first-order valence-corrected chi connectivity index (χ1v) is 22.4. The fourth-order valence-electron chi connectivity index (χ4n) is 7.20. The highest BCUT2D eigenvalue weighted by Gasteiger charge is 2.50. The van der Waals surface area contributed by atoms with Gasteiger partial charge in [0.15, 0.2) is 23.2 Å². The number of benzene rings is 2. The molecular weight excluding hydrogens is 822 g/mol. The molecule has 326 valence electrons. The lowest BCUT2D eigenvalue weighted by Gasteiger charge is -2.23. The number of carbonyl (C=O) groups excluding carboxylic acids is 1. The van der Waals surface area contributed by atoms with Crippen molar-refractivity contribution < 1.29 is 57.0 Å². The van der Waals surface area contributed by atoms with E-state index in [0.717, 1.165) is 58.8 Å². The summed E-state index contributed by atoms with van der Waals surface area (Å²) in [5, 5.41) is 19.6. The summed E-state index contributed by atoms with van der Waals surface area (Å²) in [5.74, 6) is 0.111. The third kappa shape index (κ3) is 11.0. The quantitative estimate of drug-likeness (QED) is 0.0254. The van der Waals surface area contributed by atoms with Gasteiger partial charge in [-0.25, -0.2) is 19.5 Å². The second-order valence-electron chi connectivity index (χ2n) is 15.0. The first kappa shape index (κ1) is 45.0. The number of phosphoric acid groups is 2. The SMILES string of the molecule is CN(C)c1ccc2cc3ccc(N(C)C)cc3[n+](CCCC(=O)NCCCCCCNc3nc4c(N)ncnc4n3[C@@H]3O[C@H](COP(=O)([O-])O)[C@@H](OP(=O)(O)O)[C@H]3O)c2c1. The molecule has 4 heterocycles. The summed E-state index contributed by atoms with van der Waals surface area (Å²) in [4.78, 5) is 68.9. The van der Waals surface area contributed by atoms with E-state index in [1.807, 2.05) is 28.2 Å². The van der Waals surface area contributed by atoms with Gasteiger partial charge in [0.2, 0.25) is 22.9 Å². The molecular formula is C37H52N10O11P2. The number of aliphatic hydroxyl groups excluding tert-OH is 1. The molecule has 1 fully saturated rings. The van der Waals surface area contributed by atoms with Gasteiger partial charge >= 0.3 is 7.82 Å². The van der Waals surface area contributed by atoms with Crippen molar-refractivity contribution in [2.24, 2.45) is 0 Å². The van der Waals surface area contributed by atoms with Crippen molar-refractivity contribution in [2.45, 2.75) is 69.6 Å². The van der Waals surface area contributed by atoms with Crippen molar-refractivity contribution in [1.29, 1.82) is 0 Å². The fourth-order valence-corrected chi connectivity index (χ4v) is 8.12. The van der Waals surface area contributed by atoms with E-state index in [9.17, 15) is 33.7 Å². The first-order chi connectivity index (χ1) is 28.4. The second-order valence-corrected chi connectivity index (χ2v) is 17.4. The van der Waals surface area contributed by atoms with E-state index < -0.39 is 46.8 Å². The number of anilines is 4. The van der Waals surface area contributed by atoms with Gasteiger partial charge < -0.3 is 60.1 Å². The Morgan fingerprint density at radius 1 is 0.950 bits per heavy atom. The molecule has 0 radical (unpaired) electrons. The minimum absolute atomic E-state index is 0.00445. The van der Waals surface area contributed by atoms with E-state index in [-0.39, 0.29) is 28.8 Å². The summed E-state index contributed by atoms with van der Waals surface area (Å²) in [6.07, 6.45) is -1.39. The smallest absolute Gasteiger partial charge is 0.470 e. The number of aliphatic hydroxyl groups is 1. The van der Waals surface area contributed by atoms with E-state index in [1.165, 1.54) is 4.57 Å². The average molecular weight is 875 g/mol. The summed E-state index contributed by atoms with van der Waals surface area (Å²) in [7, 11) is -2.42. The standard InChI is InChI=1S/C37H52N10O11P2/c1-44(2)25-13-11-23-18-24-12-14-26(45(3)4)20-28(24)46(27(23)19-25)17-9-10-30(48)39-15-7-5-6-8-16-40-37-43-31-34(38)41-22-42-35(31)47(37)36-32(49)33(58-60(53,54)55)29(57-36)21-56-59(50,51)52/h11-14,18-20,22,29,32-33,36,49H,5-10,15-17,21H2,1-4H3,(H7-,38,39,40,41,42,43,48,50,51,52,53,54,55)/t29-,32-,33-,36-/m1/s1. The summed E-state index contributed by atoms with van der Waals surface area (Å²) >= 11 is 0. The summed E-state index contributed by atoms with van der Waals surface area (Å²) in [5.41, 5.74) is 10.7. The van der Waals surface area contributed by atoms with Gasteiger partial charge in [-0.3, -0.25) is 18.5 Å². The van der Waals surface area contributed by atoms with Crippen LogP contribution in [0, 0.1) is 0 Å². The van der Waals surface area contributed by atoms with Crippen LogP contribution in [0.15, 0.2) is 48.8 Å². The molecule has 0 bridgehead atoms. The Bertz CT molecular complexity index is 2340. The number of fused-ring (bicyclic) bond motifs is 3. The molecule has 2 aromatic carbocycles. The Hall–Kier alpha value is -4.53. The van der Waals surface area contributed by atoms with Crippen LogP contribution in [0.3, 0.4) is 0 Å². The van der Waals surface area contributed by atoms with E-state index in [4.69, 9.17) is 19.9 Å². The third-order valence-electron chi connectivity index (χ3n) is 10.2. The van der Waals surface area contributed by atoms with E-state index in [2.05, 4.69) is 86.9 Å². The highest BCUT2D eigenvalue weighted by Crippen LogP contribution is 2.46. The van der Waals surface area contributed by atoms with Gasteiger partial charge in [0, 0.05) is 88.4 Å². The molecule has 1 unspecified atom stereocenters. The number of aryl methyl sites for hydroxylation is 1. The maximum absolute atomic E-state index is 12.9. The molecule has 3 aromatic heterocycles. The number of nitrogens with one attached hydrogen (secondary N) is 2. The molecule has 1 saturated heterocycles. The monoisotopic (exact) mass is 874 g/mol. The average Bonchev–Trinajstić information content (AvgIpc) is 3.69. The van der Waals surface area contributed by atoms with Crippen LogP contribution in [0.1, 0.15) is 44.8 Å². The van der Waals surface area contributed by atoms with E-state index >= 15 is 0 Å². The maximum Gasteiger partial charge on any atom is 0.470 e. The molecule has 5 aromatic rings. The first-order valence-electron chi connectivity index (χ1n) is 19.4. The number of hydrogen-bond donors (Lipinski definition) is 7. The Labute approximate surface area is 346 Å². The number of pyridine rings is 1. The third-order valence-corrected chi connectivity index (χ3v) is 11.2. The molecule has 8 N–H and O–H groups in total. The molecule has 60 heavy (non-hydrogen) atoms. The zero-order valence-electron chi connectivity index (χ0n) is 33.7. The van der Waals surface area contributed by atoms with Crippen molar-refractivity contribution in [1.82, 2.24) is 24.8 Å². The Balaban J connectivity index is 1.01.